The highest BCUT2D eigenvalue weighted by Gasteiger charge is 1.96. The maximum Gasteiger partial charge on any atom is 0.278 e. The van der Waals surface area contributed by atoms with Crippen molar-refractivity contribution in [2.45, 2.75) is 0 Å². The first kappa shape index (κ1) is 4.92. The van der Waals surface area contributed by atoms with Gasteiger partial charge in [-0.3, -0.25) is 0 Å². The van der Waals surface area contributed by atoms with Gasteiger partial charge in [0.15, 0.2) is 0 Å². The second-order valence-corrected chi connectivity index (χ2v) is 1.19. The van der Waals surface area contributed by atoms with Crippen molar-refractivity contribution in [1.82, 2.24) is 5.16 Å². The highest BCUT2D eigenvalue weighted by atomic mass is 16.6. The fourth-order valence-electron chi connectivity index (χ4n) is 0.328. The van der Waals surface area contributed by atoms with Gasteiger partial charge in [0.1, 0.15) is 0 Å². The van der Waals surface area contributed by atoms with Gasteiger partial charge in [0.25, 0.3) is 5.88 Å². The Hall–Kier alpha value is -1.23. The summed E-state index contributed by atoms with van der Waals surface area (Å²) in [5.74, 6) is 5.05. The van der Waals surface area contributed by atoms with E-state index in [1.54, 1.807) is 0 Å². The van der Waals surface area contributed by atoms with Gasteiger partial charge in [0.2, 0.25) is 5.88 Å². The first-order valence-electron chi connectivity index (χ1n) is 1.92. The van der Waals surface area contributed by atoms with Crippen LogP contribution in [0, 0.1) is 0 Å². The summed E-state index contributed by atoms with van der Waals surface area (Å²) in [4.78, 5) is 4.15. The Morgan fingerprint density at radius 3 is 2.75 bits per heavy atom. The third-order valence-electron chi connectivity index (χ3n) is 0.628. The number of rotatable bonds is 1. The van der Waals surface area contributed by atoms with E-state index >= 15 is 0 Å². The summed E-state index contributed by atoms with van der Waals surface area (Å²) < 4.78 is 4.38. The number of nitrogens with zero attached hydrogens (tertiary/aromatic N) is 1. The lowest BCUT2D eigenvalue weighted by Crippen LogP contribution is -2.01. The summed E-state index contributed by atoms with van der Waals surface area (Å²) in [5.41, 5.74) is 5.09. The van der Waals surface area contributed by atoms with E-state index in [1.807, 2.05) is 0 Å². The van der Waals surface area contributed by atoms with Crippen LogP contribution in [0.5, 0.6) is 5.88 Å². The number of nitrogen functional groups attached to an aromatic ring is 1. The lowest BCUT2D eigenvalue weighted by Gasteiger charge is -1.81. The summed E-state index contributed by atoms with van der Waals surface area (Å²) in [6.07, 6.45) is 0. The van der Waals surface area contributed by atoms with Crippen molar-refractivity contribution in [2.75, 3.05) is 5.73 Å². The molecule has 1 aromatic rings. The van der Waals surface area contributed by atoms with Crippen LogP contribution >= 0.6 is 0 Å². The highest BCUT2D eigenvalue weighted by molar-refractivity contribution is 5.27. The molecule has 0 atom stereocenters. The molecular weight excluding hydrogens is 110 g/mol. The Labute approximate surface area is 45.1 Å². The van der Waals surface area contributed by atoms with E-state index in [-0.39, 0.29) is 11.8 Å². The largest absolute Gasteiger partial charge is 0.388 e. The SMILES string of the molecule is NOc1cc(N)on1. The van der Waals surface area contributed by atoms with E-state index in [0.717, 1.165) is 0 Å². The second kappa shape index (κ2) is 1.71. The lowest BCUT2D eigenvalue weighted by molar-refractivity contribution is 0.291. The van der Waals surface area contributed by atoms with Crippen molar-refractivity contribution in [3.05, 3.63) is 6.07 Å². The molecule has 5 nitrogen and oxygen atoms in total. The first-order chi connectivity index (χ1) is 3.83. The molecule has 0 saturated heterocycles. The van der Waals surface area contributed by atoms with Crippen molar-refractivity contribution in [2.24, 2.45) is 5.90 Å². The van der Waals surface area contributed by atoms with Gasteiger partial charge in [0, 0.05) is 0 Å². The molecule has 0 saturated carbocycles. The number of hydrogen-bond donors (Lipinski definition) is 2. The molecule has 1 heterocycles. The Morgan fingerprint density at radius 2 is 2.50 bits per heavy atom. The van der Waals surface area contributed by atoms with Crippen LogP contribution in [0.25, 0.3) is 0 Å². The minimum atomic E-state index is 0.183. The zero-order valence-electron chi connectivity index (χ0n) is 4.00. The van der Waals surface area contributed by atoms with Crippen LogP contribution in [0.15, 0.2) is 10.6 Å². The molecule has 0 amide bonds. The van der Waals surface area contributed by atoms with Gasteiger partial charge in [-0.25, -0.2) is 0 Å². The lowest BCUT2D eigenvalue weighted by atomic mass is 10.6. The Kier molecular flexibility index (Phi) is 1.05. The summed E-state index contributed by atoms with van der Waals surface area (Å²) in [6, 6.07) is 1.38. The summed E-state index contributed by atoms with van der Waals surface area (Å²) >= 11 is 0. The molecule has 0 aliphatic carbocycles. The fraction of sp³-hybridized carbons (Fsp3) is 0. The molecule has 0 radical (unpaired) electrons. The van der Waals surface area contributed by atoms with E-state index in [0.29, 0.717) is 0 Å². The van der Waals surface area contributed by atoms with Gasteiger partial charge in [-0.15, -0.1) is 0 Å². The molecule has 4 N–H and O–H groups in total. The maximum absolute atomic E-state index is 5.09. The zero-order valence-corrected chi connectivity index (χ0v) is 4.00. The van der Waals surface area contributed by atoms with Crippen molar-refractivity contribution in [1.29, 1.82) is 0 Å². The molecule has 0 bridgehead atoms. The van der Waals surface area contributed by atoms with Gasteiger partial charge in [-0.1, -0.05) is 0 Å². The normalized spacial score (nSPS) is 9.12. The van der Waals surface area contributed by atoms with E-state index in [1.165, 1.54) is 6.07 Å². The summed E-state index contributed by atoms with van der Waals surface area (Å²) in [6.45, 7) is 0. The molecule has 44 valence electrons. The zero-order chi connectivity index (χ0) is 5.98. The smallest absolute Gasteiger partial charge is 0.278 e. The van der Waals surface area contributed by atoms with Gasteiger partial charge < -0.3 is 15.1 Å². The third kappa shape index (κ3) is 0.710. The van der Waals surface area contributed by atoms with Crippen molar-refractivity contribution in [3.8, 4) is 5.88 Å². The average molecular weight is 115 g/mol. The fourth-order valence-corrected chi connectivity index (χ4v) is 0.328. The molecule has 8 heavy (non-hydrogen) atoms. The predicted octanol–water partition coefficient (Wildman–Crippen LogP) is -0.491. The Morgan fingerprint density at radius 1 is 1.75 bits per heavy atom. The van der Waals surface area contributed by atoms with E-state index < -0.39 is 0 Å². The van der Waals surface area contributed by atoms with Crippen molar-refractivity contribution < 1.29 is 9.36 Å². The molecule has 0 fully saturated rings. The molecule has 0 aliphatic heterocycles. The van der Waals surface area contributed by atoms with Crippen LogP contribution in [0.3, 0.4) is 0 Å². The van der Waals surface area contributed by atoms with Crippen LogP contribution < -0.4 is 16.5 Å². The minimum absolute atomic E-state index is 0.183. The third-order valence-corrected chi connectivity index (χ3v) is 0.628. The highest BCUT2D eigenvalue weighted by Crippen LogP contribution is 2.09. The summed E-state index contributed by atoms with van der Waals surface area (Å²) in [7, 11) is 0. The van der Waals surface area contributed by atoms with Gasteiger partial charge in [-0.2, -0.15) is 5.90 Å². The van der Waals surface area contributed by atoms with E-state index in [9.17, 15) is 0 Å². The topological polar surface area (TPSA) is 87.3 Å². The number of anilines is 1. The molecule has 0 unspecified atom stereocenters. The summed E-state index contributed by atoms with van der Waals surface area (Å²) in [5, 5.41) is 3.29. The van der Waals surface area contributed by atoms with Crippen LogP contribution in [0.2, 0.25) is 0 Å². The molecule has 0 aliphatic rings. The molecule has 0 spiro atoms. The minimum Gasteiger partial charge on any atom is -0.388 e. The quantitative estimate of drug-likeness (QED) is 0.482. The maximum atomic E-state index is 5.09. The number of aromatic nitrogens is 1. The second-order valence-electron chi connectivity index (χ2n) is 1.19. The molecule has 5 heteroatoms. The van der Waals surface area contributed by atoms with Crippen LogP contribution in [-0.4, -0.2) is 5.16 Å². The van der Waals surface area contributed by atoms with Crippen molar-refractivity contribution >= 4 is 5.88 Å². The Bertz CT molecular complexity index is 173. The average Bonchev–Trinajstić information content (AvgIpc) is 2.14. The van der Waals surface area contributed by atoms with Crippen LogP contribution in [0.4, 0.5) is 5.88 Å². The van der Waals surface area contributed by atoms with Gasteiger partial charge in [-0.05, 0) is 5.16 Å². The first-order valence-corrected chi connectivity index (χ1v) is 1.92. The molecule has 1 rings (SSSR count). The van der Waals surface area contributed by atoms with E-state index in [4.69, 9.17) is 5.73 Å². The Balaban J connectivity index is 2.84. The molecule has 0 aromatic carbocycles. The van der Waals surface area contributed by atoms with Gasteiger partial charge in [0.05, 0.1) is 6.07 Å². The van der Waals surface area contributed by atoms with E-state index in [2.05, 4.69) is 20.4 Å². The van der Waals surface area contributed by atoms with Gasteiger partial charge >= 0.3 is 0 Å². The predicted molar refractivity (Wildman–Crippen MR) is 25.7 cm³/mol. The number of nitrogens with two attached hydrogens (primary N) is 2. The van der Waals surface area contributed by atoms with Crippen molar-refractivity contribution in [3.63, 3.8) is 0 Å². The molecular formula is C3H5N3O2. The standard InChI is InChI=1S/C3H5N3O2/c4-2-1-3(7-5)6-8-2/h1H,4-5H2. The van der Waals surface area contributed by atoms with Crippen LogP contribution in [-0.2, 0) is 0 Å². The van der Waals surface area contributed by atoms with Crippen LogP contribution in [0.1, 0.15) is 0 Å². The number of hydrogen-bond acceptors (Lipinski definition) is 5. The molecule has 1 aromatic heterocycles. The monoisotopic (exact) mass is 115 g/mol.